The van der Waals surface area contributed by atoms with Gasteiger partial charge in [-0.2, -0.15) is 0 Å². The molecule has 2 aliphatic rings. The summed E-state index contributed by atoms with van der Waals surface area (Å²) >= 11 is 0. The fourth-order valence-corrected chi connectivity index (χ4v) is 4.60. The van der Waals surface area contributed by atoms with Crippen LogP contribution < -0.4 is 9.47 Å². The Labute approximate surface area is 173 Å². The van der Waals surface area contributed by atoms with Gasteiger partial charge in [-0.05, 0) is 49.5 Å². The molecule has 0 aromatic heterocycles. The van der Waals surface area contributed by atoms with Crippen molar-refractivity contribution in [1.82, 2.24) is 9.80 Å². The summed E-state index contributed by atoms with van der Waals surface area (Å²) in [7, 11) is 3.35. The van der Waals surface area contributed by atoms with Crippen LogP contribution in [0.25, 0.3) is 0 Å². The lowest BCUT2D eigenvalue weighted by molar-refractivity contribution is -0.138. The Morgan fingerprint density at radius 2 is 1.72 bits per heavy atom. The minimum Gasteiger partial charge on any atom is -0.493 e. The highest BCUT2D eigenvalue weighted by atomic mass is 16.5. The number of rotatable bonds is 5. The molecule has 0 aliphatic carbocycles. The van der Waals surface area contributed by atoms with Gasteiger partial charge in [-0.1, -0.05) is 36.4 Å². The Balaban J connectivity index is 1.34. The third kappa shape index (κ3) is 4.25. The highest BCUT2D eigenvalue weighted by Gasteiger charge is 2.30. The van der Waals surface area contributed by atoms with Crippen LogP contribution in [0, 0.1) is 5.92 Å². The summed E-state index contributed by atoms with van der Waals surface area (Å²) in [6, 6.07) is 14.5. The van der Waals surface area contributed by atoms with Gasteiger partial charge in [0.1, 0.15) is 0 Å². The summed E-state index contributed by atoms with van der Waals surface area (Å²) in [5, 5.41) is 0. The van der Waals surface area contributed by atoms with Crippen LogP contribution in [-0.4, -0.2) is 49.6 Å². The van der Waals surface area contributed by atoms with E-state index in [1.807, 2.05) is 12.1 Å². The summed E-state index contributed by atoms with van der Waals surface area (Å²) in [5.74, 6) is 2.04. The molecule has 2 aliphatic heterocycles. The average Bonchev–Trinajstić information content (AvgIpc) is 2.78. The highest BCUT2D eigenvalue weighted by Crippen LogP contribution is 2.32. The van der Waals surface area contributed by atoms with Crippen LogP contribution in [0.15, 0.2) is 42.5 Å². The number of hydrogen-bond donors (Lipinski definition) is 0. The highest BCUT2D eigenvalue weighted by molar-refractivity contribution is 5.79. The van der Waals surface area contributed by atoms with Gasteiger partial charge >= 0.3 is 0 Å². The molecule has 0 radical (unpaired) electrons. The molecule has 29 heavy (non-hydrogen) atoms. The van der Waals surface area contributed by atoms with Crippen LogP contribution in [-0.2, 0) is 24.3 Å². The second-order valence-corrected chi connectivity index (χ2v) is 7.98. The Morgan fingerprint density at radius 1 is 0.966 bits per heavy atom. The van der Waals surface area contributed by atoms with Gasteiger partial charge in [-0.15, -0.1) is 0 Å². The van der Waals surface area contributed by atoms with Crippen molar-refractivity contribution >= 4 is 5.91 Å². The largest absolute Gasteiger partial charge is 0.493 e. The van der Waals surface area contributed by atoms with Crippen molar-refractivity contribution in [2.75, 3.05) is 33.9 Å². The molecule has 0 saturated carbocycles. The number of benzene rings is 2. The van der Waals surface area contributed by atoms with Gasteiger partial charge < -0.3 is 14.4 Å². The van der Waals surface area contributed by atoms with Gasteiger partial charge in [0.05, 0.1) is 14.2 Å². The molecule has 1 saturated heterocycles. The average molecular weight is 395 g/mol. The number of hydrogen-bond acceptors (Lipinski definition) is 4. The third-order valence-electron chi connectivity index (χ3n) is 6.26. The molecule has 2 aromatic rings. The second-order valence-electron chi connectivity index (χ2n) is 7.98. The first kappa shape index (κ1) is 19.8. The summed E-state index contributed by atoms with van der Waals surface area (Å²) < 4.78 is 11.0. The van der Waals surface area contributed by atoms with Crippen molar-refractivity contribution in [3.63, 3.8) is 0 Å². The quantitative estimate of drug-likeness (QED) is 0.778. The first-order chi connectivity index (χ1) is 14.2. The molecule has 5 heteroatoms. The normalized spacial score (nSPS) is 17.7. The van der Waals surface area contributed by atoms with Gasteiger partial charge in [0.25, 0.3) is 0 Å². The van der Waals surface area contributed by atoms with Crippen LogP contribution in [0.2, 0.25) is 0 Å². The number of nitrogens with zero attached hydrogens (tertiary/aromatic N) is 2. The smallest absolute Gasteiger partial charge is 0.226 e. The summed E-state index contributed by atoms with van der Waals surface area (Å²) in [5.41, 5.74) is 3.82. The lowest BCUT2D eigenvalue weighted by atomic mass is 9.92. The fraction of sp³-hybridized carbons (Fsp3) is 0.458. The van der Waals surface area contributed by atoms with Crippen LogP contribution in [0.4, 0.5) is 0 Å². The van der Waals surface area contributed by atoms with E-state index >= 15 is 0 Å². The first-order valence-corrected chi connectivity index (χ1v) is 10.5. The van der Waals surface area contributed by atoms with Crippen molar-refractivity contribution < 1.29 is 14.3 Å². The number of para-hydroxylation sites is 1. The summed E-state index contributed by atoms with van der Waals surface area (Å²) in [4.78, 5) is 17.6. The van der Waals surface area contributed by atoms with E-state index in [9.17, 15) is 4.79 Å². The van der Waals surface area contributed by atoms with Gasteiger partial charge in [0.2, 0.25) is 5.91 Å². The minimum absolute atomic E-state index is 0.142. The number of ether oxygens (including phenoxy) is 2. The molecule has 2 aromatic carbocycles. The molecule has 0 N–H and O–H groups in total. The maximum atomic E-state index is 13.1. The van der Waals surface area contributed by atoms with Crippen molar-refractivity contribution in [3.8, 4) is 11.5 Å². The zero-order valence-corrected chi connectivity index (χ0v) is 17.4. The number of fused-ring (bicyclic) bond motifs is 1. The lowest BCUT2D eigenvalue weighted by Gasteiger charge is -2.36. The molecule has 5 nitrogen and oxygen atoms in total. The van der Waals surface area contributed by atoms with Crippen molar-refractivity contribution in [1.29, 1.82) is 0 Å². The number of carbonyl (C=O) groups excluding carboxylic acids is 1. The molecule has 0 unspecified atom stereocenters. The van der Waals surface area contributed by atoms with E-state index in [4.69, 9.17) is 9.47 Å². The molecular formula is C24H30N2O3. The predicted molar refractivity (Wildman–Crippen MR) is 113 cm³/mol. The van der Waals surface area contributed by atoms with E-state index in [-0.39, 0.29) is 5.92 Å². The molecule has 4 rings (SSSR count). The van der Waals surface area contributed by atoms with E-state index in [0.29, 0.717) is 5.91 Å². The molecule has 1 fully saturated rings. The summed E-state index contributed by atoms with van der Waals surface area (Å²) in [6.07, 6.45) is 2.81. The minimum atomic E-state index is 0.142. The van der Waals surface area contributed by atoms with E-state index in [1.165, 1.54) is 11.1 Å². The number of methoxy groups -OCH3 is 2. The number of likely N-dealkylation sites (tertiary alicyclic amines) is 1. The van der Waals surface area contributed by atoms with E-state index in [0.717, 1.165) is 69.0 Å². The van der Waals surface area contributed by atoms with Gasteiger partial charge in [0, 0.05) is 31.1 Å². The third-order valence-corrected chi connectivity index (χ3v) is 6.26. The van der Waals surface area contributed by atoms with E-state index < -0.39 is 0 Å². The molecule has 0 atom stereocenters. The molecule has 2 heterocycles. The Kier molecular flexibility index (Phi) is 6.05. The SMILES string of the molecule is COc1cccc(CN2CCC(C(=O)N3CCc4ccccc4C3)CC2)c1OC. The van der Waals surface area contributed by atoms with E-state index in [2.05, 4.69) is 40.1 Å². The summed E-state index contributed by atoms with van der Waals surface area (Å²) in [6.45, 7) is 4.29. The second kappa shape index (κ2) is 8.87. The van der Waals surface area contributed by atoms with Crippen LogP contribution in [0.3, 0.4) is 0 Å². The van der Waals surface area contributed by atoms with Crippen molar-refractivity contribution in [3.05, 3.63) is 59.2 Å². The van der Waals surface area contributed by atoms with Crippen molar-refractivity contribution in [2.45, 2.75) is 32.4 Å². The Hall–Kier alpha value is -2.53. The zero-order chi connectivity index (χ0) is 20.2. The zero-order valence-electron chi connectivity index (χ0n) is 17.4. The number of amides is 1. The Morgan fingerprint density at radius 3 is 2.45 bits per heavy atom. The monoisotopic (exact) mass is 394 g/mol. The van der Waals surface area contributed by atoms with Crippen LogP contribution in [0.1, 0.15) is 29.5 Å². The molecular weight excluding hydrogens is 364 g/mol. The van der Waals surface area contributed by atoms with Gasteiger partial charge in [-0.25, -0.2) is 0 Å². The Bertz CT molecular complexity index is 859. The molecule has 0 bridgehead atoms. The fourth-order valence-electron chi connectivity index (χ4n) is 4.60. The van der Waals surface area contributed by atoms with Gasteiger partial charge in [0.15, 0.2) is 11.5 Å². The first-order valence-electron chi connectivity index (χ1n) is 10.5. The van der Waals surface area contributed by atoms with E-state index in [1.54, 1.807) is 14.2 Å². The van der Waals surface area contributed by atoms with Gasteiger partial charge in [-0.3, -0.25) is 9.69 Å². The maximum Gasteiger partial charge on any atom is 0.226 e. The number of carbonyl (C=O) groups is 1. The maximum absolute atomic E-state index is 13.1. The predicted octanol–water partition coefficient (Wildman–Crippen LogP) is 3.50. The lowest BCUT2D eigenvalue weighted by Crippen LogP contribution is -2.44. The topological polar surface area (TPSA) is 42.0 Å². The molecule has 1 amide bonds. The molecule has 154 valence electrons. The van der Waals surface area contributed by atoms with Crippen LogP contribution in [0.5, 0.6) is 11.5 Å². The number of piperidine rings is 1. The van der Waals surface area contributed by atoms with Crippen molar-refractivity contribution in [2.24, 2.45) is 5.92 Å². The standard InChI is InChI=1S/C24H30N2O3/c1-28-22-9-5-8-21(23(22)29-2)16-25-13-10-19(11-14-25)24(27)26-15-12-18-6-3-4-7-20(18)17-26/h3-9,19H,10-17H2,1-2H3. The molecule has 0 spiro atoms. The van der Waals surface area contributed by atoms with Crippen LogP contribution >= 0.6 is 0 Å².